The topological polar surface area (TPSA) is 68.3 Å². The Morgan fingerprint density at radius 2 is 1.68 bits per heavy atom. The largest absolute Gasteiger partial charge is 0.449 e. The van der Waals surface area contributed by atoms with Crippen LogP contribution in [0.5, 0.6) is 0 Å². The van der Waals surface area contributed by atoms with Crippen LogP contribution < -0.4 is 5.32 Å². The predicted octanol–water partition coefficient (Wildman–Crippen LogP) is 5.23. The summed E-state index contributed by atoms with van der Waals surface area (Å²) in [4.78, 5) is 27.6. The Morgan fingerprint density at radius 3 is 2.29 bits per heavy atom. The molecule has 0 unspecified atom stereocenters. The van der Waals surface area contributed by atoms with Crippen molar-refractivity contribution in [3.63, 3.8) is 0 Å². The van der Waals surface area contributed by atoms with Gasteiger partial charge in [0.15, 0.2) is 5.78 Å². The van der Waals surface area contributed by atoms with Crippen molar-refractivity contribution < 1.29 is 14.3 Å². The molecule has 1 N–H and O–H groups in total. The van der Waals surface area contributed by atoms with Gasteiger partial charge >= 0.3 is 6.09 Å². The molecule has 1 aliphatic carbocycles. The average Bonchev–Trinajstić information content (AvgIpc) is 3.11. The van der Waals surface area contributed by atoms with Crippen LogP contribution in [0.4, 0.5) is 4.79 Å². The summed E-state index contributed by atoms with van der Waals surface area (Å²) in [6, 6.07) is 20.1. The van der Waals surface area contributed by atoms with Gasteiger partial charge in [0.1, 0.15) is 6.61 Å². The van der Waals surface area contributed by atoms with E-state index in [1.165, 1.54) is 29.2 Å². The highest BCUT2D eigenvalue weighted by atomic mass is 16.5. The Kier molecular flexibility index (Phi) is 6.22. The van der Waals surface area contributed by atoms with Crippen LogP contribution in [-0.4, -0.2) is 30.0 Å². The number of pyridine rings is 1. The third-order valence-electron chi connectivity index (χ3n) is 5.41. The van der Waals surface area contributed by atoms with E-state index in [0.717, 1.165) is 5.69 Å². The lowest BCUT2D eigenvalue weighted by Gasteiger charge is -2.14. The molecule has 5 nitrogen and oxygen atoms in total. The van der Waals surface area contributed by atoms with Crippen LogP contribution in [0.1, 0.15) is 46.4 Å². The zero-order valence-electron chi connectivity index (χ0n) is 17.4. The summed E-state index contributed by atoms with van der Waals surface area (Å²) in [6.45, 7) is 2.29. The minimum absolute atomic E-state index is 0.00433. The number of carbonyl (C=O) groups is 2. The molecule has 4 rings (SSSR count). The summed E-state index contributed by atoms with van der Waals surface area (Å²) in [7, 11) is 0. The number of Topliss-reactive ketones (excluding diaryl/α,β-unsaturated/α-hetero) is 1. The fraction of sp³-hybridized carbons (Fsp3) is 0.192. The summed E-state index contributed by atoms with van der Waals surface area (Å²) in [6.07, 6.45) is 5.60. The first-order valence-electron chi connectivity index (χ1n) is 10.4. The van der Waals surface area contributed by atoms with Gasteiger partial charge in [0.05, 0.1) is 5.69 Å². The number of rotatable bonds is 7. The molecule has 5 heteroatoms. The Balaban J connectivity index is 1.25. The van der Waals surface area contributed by atoms with E-state index < -0.39 is 6.09 Å². The predicted molar refractivity (Wildman–Crippen MR) is 121 cm³/mol. The Labute approximate surface area is 181 Å². The molecule has 0 saturated heterocycles. The number of ketones is 1. The molecule has 0 bridgehead atoms. The summed E-state index contributed by atoms with van der Waals surface area (Å²) in [5, 5.41) is 2.79. The summed E-state index contributed by atoms with van der Waals surface area (Å²) < 4.78 is 5.52. The molecule has 156 valence electrons. The van der Waals surface area contributed by atoms with E-state index in [1.807, 2.05) is 36.4 Å². The van der Waals surface area contributed by atoms with E-state index in [9.17, 15) is 9.59 Å². The second-order valence-electron chi connectivity index (χ2n) is 7.47. The molecule has 0 atom stereocenters. The van der Waals surface area contributed by atoms with Gasteiger partial charge in [0.25, 0.3) is 0 Å². The number of ether oxygens (including phenoxy) is 1. The number of fused-ring (bicyclic) bond motifs is 3. The molecule has 0 saturated carbocycles. The first kappa shape index (κ1) is 20.5. The van der Waals surface area contributed by atoms with Crippen molar-refractivity contribution in [2.45, 2.75) is 19.3 Å². The Hall–Kier alpha value is -3.73. The van der Waals surface area contributed by atoms with E-state index in [-0.39, 0.29) is 11.7 Å². The number of hydrogen-bond acceptors (Lipinski definition) is 4. The summed E-state index contributed by atoms with van der Waals surface area (Å²) >= 11 is 0. The van der Waals surface area contributed by atoms with Gasteiger partial charge in [-0.1, -0.05) is 54.6 Å². The van der Waals surface area contributed by atoms with Gasteiger partial charge in [-0.3, -0.25) is 9.78 Å². The molecular weight excluding hydrogens is 388 g/mol. The molecule has 2 aromatic carbocycles. The van der Waals surface area contributed by atoms with Gasteiger partial charge in [0.2, 0.25) is 0 Å². The third-order valence-corrected chi connectivity index (χ3v) is 5.41. The SMILES string of the molecule is CC(=O)c1ccc(C=CCCNC(=O)OCC2c3ccccc3-c3ccccc32)nc1. The Morgan fingerprint density at radius 1 is 1.00 bits per heavy atom. The standard InChI is InChI=1S/C26H24N2O3/c1-18(29)19-13-14-20(28-16-19)8-6-7-15-27-26(30)31-17-25-23-11-4-2-9-21(23)22-10-3-5-12-24(22)25/h2-6,8-14,16,25H,7,15,17H2,1H3,(H,27,30). The van der Waals surface area contributed by atoms with Crippen molar-refractivity contribution >= 4 is 18.0 Å². The number of amides is 1. The lowest BCUT2D eigenvalue weighted by atomic mass is 9.98. The highest BCUT2D eigenvalue weighted by Gasteiger charge is 2.28. The molecule has 1 aromatic heterocycles. The van der Waals surface area contributed by atoms with Gasteiger partial charge in [-0.15, -0.1) is 0 Å². The summed E-state index contributed by atoms with van der Waals surface area (Å²) in [5.74, 6) is 0.0532. The molecule has 0 spiro atoms. The minimum atomic E-state index is -0.417. The van der Waals surface area contributed by atoms with Crippen molar-refractivity contribution in [1.29, 1.82) is 0 Å². The van der Waals surface area contributed by atoms with Crippen LogP contribution in [0.2, 0.25) is 0 Å². The molecule has 0 aliphatic heterocycles. The molecule has 0 radical (unpaired) electrons. The number of hydrogen-bond donors (Lipinski definition) is 1. The number of nitrogens with zero attached hydrogens (tertiary/aromatic N) is 1. The molecule has 1 heterocycles. The first-order valence-corrected chi connectivity index (χ1v) is 10.4. The average molecular weight is 412 g/mol. The molecule has 31 heavy (non-hydrogen) atoms. The smallest absolute Gasteiger partial charge is 0.407 e. The number of benzene rings is 2. The van der Waals surface area contributed by atoms with Crippen LogP contribution in [-0.2, 0) is 4.74 Å². The van der Waals surface area contributed by atoms with Crippen molar-refractivity contribution in [1.82, 2.24) is 10.3 Å². The van der Waals surface area contributed by atoms with Gasteiger partial charge in [0, 0.05) is 24.2 Å². The van der Waals surface area contributed by atoms with E-state index in [4.69, 9.17) is 4.74 Å². The number of nitrogens with one attached hydrogen (secondary N) is 1. The van der Waals surface area contributed by atoms with Crippen molar-refractivity contribution in [3.8, 4) is 11.1 Å². The van der Waals surface area contributed by atoms with Gasteiger partial charge in [-0.25, -0.2) is 4.79 Å². The lowest BCUT2D eigenvalue weighted by molar-refractivity contribution is 0.101. The van der Waals surface area contributed by atoms with Crippen LogP contribution in [0.25, 0.3) is 17.2 Å². The van der Waals surface area contributed by atoms with Crippen LogP contribution in [0.3, 0.4) is 0 Å². The quantitative estimate of drug-likeness (QED) is 0.426. The number of alkyl carbamates (subject to hydrolysis) is 1. The molecule has 1 aliphatic rings. The molecule has 0 fully saturated rings. The molecule has 1 amide bonds. The van der Waals surface area contributed by atoms with Gasteiger partial charge < -0.3 is 10.1 Å². The fourth-order valence-corrected chi connectivity index (χ4v) is 3.82. The highest BCUT2D eigenvalue weighted by Crippen LogP contribution is 2.44. The van der Waals surface area contributed by atoms with Crippen LogP contribution in [0, 0.1) is 0 Å². The van der Waals surface area contributed by atoms with E-state index in [1.54, 1.807) is 18.3 Å². The van der Waals surface area contributed by atoms with E-state index >= 15 is 0 Å². The summed E-state index contributed by atoms with van der Waals surface area (Å²) in [5.41, 5.74) is 6.18. The number of carbonyl (C=O) groups excluding carboxylic acids is 2. The fourth-order valence-electron chi connectivity index (χ4n) is 3.82. The maximum atomic E-state index is 12.2. The van der Waals surface area contributed by atoms with Crippen LogP contribution in [0.15, 0.2) is 72.9 Å². The lowest BCUT2D eigenvalue weighted by Crippen LogP contribution is -2.26. The van der Waals surface area contributed by atoms with Gasteiger partial charge in [-0.2, -0.15) is 0 Å². The maximum Gasteiger partial charge on any atom is 0.407 e. The zero-order valence-corrected chi connectivity index (χ0v) is 17.4. The van der Waals surface area contributed by atoms with Crippen molar-refractivity contribution in [2.24, 2.45) is 0 Å². The zero-order chi connectivity index (χ0) is 21.6. The third kappa shape index (κ3) is 4.72. The minimum Gasteiger partial charge on any atom is -0.449 e. The van der Waals surface area contributed by atoms with Gasteiger partial charge in [-0.05, 0) is 53.8 Å². The van der Waals surface area contributed by atoms with E-state index in [0.29, 0.717) is 25.1 Å². The van der Waals surface area contributed by atoms with Crippen LogP contribution >= 0.6 is 0 Å². The van der Waals surface area contributed by atoms with E-state index in [2.05, 4.69) is 34.6 Å². The van der Waals surface area contributed by atoms with Crippen molar-refractivity contribution in [2.75, 3.05) is 13.2 Å². The number of aromatic nitrogens is 1. The Bertz CT molecular complexity index is 1070. The second-order valence-corrected chi connectivity index (χ2v) is 7.47. The molecular formula is C26H24N2O3. The van der Waals surface area contributed by atoms with Crippen molar-refractivity contribution in [3.05, 3.63) is 95.3 Å². The molecule has 3 aromatic rings. The maximum absolute atomic E-state index is 12.2. The monoisotopic (exact) mass is 412 g/mol. The second kappa shape index (κ2) is 9.39. The highest BCUT2D eigenvalue weighted by molar-refractivity contribution is 5.93. The first-order chi connectivity index (χ1) is 15.1. The normalized spacial score (nSPS) is 12.4.